The van der Waals surface area contributed by atoms with Crippen LogP contribution in [0.1, 0.15) is 84.6 Å². The third kappa shape index (κ3) is 10.0. The Hall–Kier alpha value is -1.62. The van der Waals surface area contributed by atoms with Gasteiger partial charge in [-0.1, -0.05) is 84.1 Å². The van der Waals surface area contributed by atoms with Crippen LogP contribution in [0.25, 0.3) is 10.8 Å². The lowest BCUT2D eigenvalue weighted by atomic mass is 9.87. The molecule has 0 amide bonds. The molecule has 2 atom stereocenters. The lowest BCUT2D eigenvalue weighted by Crippen LogP contribution is -2.21. The molecule has 1 aliphatic carbocycles. The fourth-order valence-electron chi connectivity index (χ4n) is 4.61. The van der Waals surface area contributed by atoms with Crippen molar-refractivity contribution in [2.24, 2.45) is 17.6 Å². The molecule has 0 aromatic heterocycles. The van der Waals surface area contributed by atoms with E-state index in [2.05, 4.69) is 61.3 Å². The van der Waals surface area contributed by atoms with E-state index in [9.17, 15) is 0 Å². The molecular weight excluding hydrogens is 408 g/mol. The summed E-state index contributed by atoms with van der Waals surface area (Å²) in [5.41, 5.74) is 5.90. The summed E-state index contributed by atoms with van der Waals surface area (Å²) in [4.78, 5) is 0. The number of hydrogen-bond acceptors (Lipinski definition) is 4. The van der Waals surface area contributed by atoms with E-state index in [4.69, 9.17) is 9.47 Å². The van der Waals surface area contributed by atoms with Crippen molar-refractivity contribution in [3.63, 3.8) is 0 Å². The van der Waals surface area contributed by atoms with Gasteiger partial charge >= 0.3 is 0 Å². The maximum atomic E-state index is 6.03. The molecule has 2 aromatic carbocycles. The summed E-state index contributed by atoms with van der Waals surface area (Å²) in [6, 6.07) is 13.2. The molecule has 0 heterocycles. The van der Waals surface area contributed by atoms with E-state index in [0.29, 0.717) is 11.8 Å². The van der Waals surface area contributed by atoms with Crippen molar-refractivity contribution in [2.45, 2.75) is 85.4 Å². The fraction of sp³-hybridized carbons (Fsp3) is 0.655. The van der Waals surface area contributed by atoms with Gasteiger partial charge in [-0.15, -0.1) is 0 Å². The highest BCUT2D eigenvalue weighted by atomic mass is 16.7. The van der Waals surface area contributed by atoms with Gasteiger partial charge in [0.25, 0.3) is 0 Å². The largest absolute Gasteiger partial charge is 0.465 e. The van der Waals surface area contributed by atoms with Crippen LogP contribution < -0.4 is 15.8 Å². The fourth-order valence-corrected chi connectivity index (χ4v) is 4.61. The Balaban J connectivity index is 0.00000129. The molecule has 4 heteroatoms. The molecule has 1 aliphatic rings. The number of rotatable bonds is 10. The van der Waals surface area contributed by atoms with Gasteiger partial charge in [0.1, 0.15) is 5.75 Å². The van der Waals surface area contributed by atoms with Gasteiger partial charge in [-0.3, -0.25) is 0 Å². The lowest BCUT2D eigenvalue weighted by molar-refractivity contribution is -0.0710. The van der Waals surface area contributed by atoms with Gasteiger partial charge in [0, 0.05) is 6.54 Å². The maximum absolute atomic E-state index is 6.03. The van der Waals surface area contributed by atoms with E-state index in [1.807, 2.05) is 27.8 Å². The van der Waals surface area contributed by atoms with Crippen LogP contribution in [-0.4, -0.2) is 33.5 Å². The Labute approximate surface area is 203 Å². The van der Waals surface area contributed by atoms with Gasteiger partial charge in [-0.2, -0.15) is 0 Å². The Morgan fingerprint density at radius 2 is 1.58 bits per heavy atom. The van der Waals surface area contributed by atoms with Gasteiger partial charge in [-0.25, -0.2) is 0 Å². The Morgan fingerprint density at radius 3 is 2.21 bits per heavy atom. The number of nitrogens with one attached hydrogen (secondary N) is 1. The first-order valence-electron chi connectivity index (χ1n) is 13.1. The summed E-state index contributed by atoms with van der Waals surface area (Å²) >= 11 is 0. The molecule has 0 saturated heterocycles. The Morgan fingerprint density at radius 1 is 0.939 bits per heavy atom. The van der Waals surface area contributed by atoms with Crippen LogP contribution in [-0.2, 0) is 4.74 Å². The van der Waals surface area contributed by atoms with Crippen molar-refractivity contribution >= 4 is 10.8 Å². The Kier molecular flexibility index (Phi) is 15.1. The predicted octanol–water partition coefficient (Wildman–Crippen LogP) is 7.11. The summed E-state index contributed by atoms with van der Waals surface area (Å²) in [7, 11) is 3.53. The average Bonchev–Trinajstić information content (AvgIpc) is 2.85. The van der Waals surface area contributed by atoms with Gasteiger partial charge in [-0.05, 0) is 73.7 Å². The van der Waals surface area contributed by atoms with Crippen LogP contribution in [0.4, 0.5) is 0 Å². The summed E-state index contributed by atoms with van der Waals surface area (Å²) in [6.07, 6.45) is 7.89. The van der Waals surface area contributed by atoms with Gasteiger partial charge in [0.05, 0.1) is 6.61 Å². The number of benzene rings is 2. The van der Waals surface area contributed by atoms with E-state index >= 15 is 0 Å². The SMILES string of the molecule is CC.CN.CNCC(c1ccc2cc(OC(C)OCCC3CCCCC3)ccc2c1)C(C)C. The highest BCUT2D eigenvalue weighted by molar-refractivity contribution is 5.84. The lowest BCUT2D eigenvalue weighted by Gasteiger charge is -2.23. The molecule has 0 radical (unpaired) electrons. The van der Waals surface area contributed by atoms with Crippen molar-refractivity contribution < 1.29 is 9.47 Å². The molecule has 3 N–H and O–H groups in total. The molecule has 3 rings (SSSR count). The van der Waals surface area contributed by atoms with E-state index in [0.717, 1.165) is 31.2 Å². The molecule has 4 nitrogen and oxygen atoms in total. The predicted molar refractivity (Wildman–Crippen MR) is 144 cm³/mol. The molecule has 2 unspecified atom stereocenters. The summed E-state index contributed by atoms with van der Waals surface area (Å²) in [6.45, 7) is 12.4. The third-order valence-electron chi connectivity index (χ3n) is 6.40. The second-order valence-corrected chi connectivity index (χ2v) is 9.03. The van der Waals surface area contributed by atoms with Gasteiger partial charge in [0.2, 0.25) is 0 Å². The monoisotopic (exact) mass is 458 g/mol. The number of nitrogens with two attached hydrogens (primary N) is 1. The minimum atomic E-state index is -0.212. The summed E-state index contributed by atoms with van der Waals surface area (Å²) < 4.78 is 12.0. The second kappa shape index (κ2) is 16.9. The zero-order chi connectivity index (χ0) is 24.6. The zero-order valence-corrected chi connectivity index (χ0v) is 22.3. The minimum Gasteiger partial charge on any atom is -0.465 e. The molecule has 188 valence electrons. The van der Waals surface area contributed by atoms with Crippen molar-refractivity contribution in [1.29, 1.82) is 0 Å². The van der Waals surface area contributed by atoms with Crippen LogP contribution in [0.15, 0.2) is 36.4 Å². The minimum absolute atomic E-state index is 0.212. The van der Waals surface area contributed by atoms with E-state index in [1.54, 1.807) is 0 Å². The van der Waals surface area contributed by atoms with Crippen molar-refractivity contribution in [1.82, 2.24) is 5.32 Å². The average molecular weight is 459 g/mol. The molecule has 1 fully saturated rings. The highest BCUT2D eigenvalue weighted by Gasteiger charge is 2.16. The van der Waals surface area contributed by atoms with Gasteiger partial charge < -0.3 is 20.5 Å². The van der Waals surface area contributed by atoms with E-state index in [-0.39, 0.29) is 6.29 Å². The number of hydrogen-bond donors (Lipinski definition) is 2. The summed E-state index contributed by atoms with van der Waals surface area (Å²) in [5, 5.41) is 5.81. The molecule has 0 spiro atoms. The topological polar surface area (TPSA) is 56.5 Å². The van der Waals surface area contributed by atoms with Crippen LogP contribution in [0.2, 0.25) is 0 Å². The zero-order valence-electron chi connectivity index (χ0n) is 22.3. The van der Waals surface area contributed by atoms with Crippen LogP contribution in [0, 0.1) is 11.8 Å². The second-order valence-electron chi connectivity index (χ2n) is 9.03. The standard InChI is InChI=1S/C26H39NO2.C2H6.CH5N/c1-19(2)26(18-27-4)24-11-10-23-17-25(13-12-22(23)16-24)29-20(3)28-15-14-21-8-6-5-7-9-21;2*1-2/h10-13,16-17,19-21,26-27H,5-9,14-15,18H2,1-4H3;1-2H3;2H2,1H3. The first-order chi connectivity index (χ1) is 16.1. The van der Waals surface area contributed by atoms with Crippen LogP contribution >= 0.6 is 0 Å². The van der Waals surface area contributed by atoms with Crippen LogP contribution in [0.5, 0.6) is 5.75 Å². The highest BCUT2D eigenvalue weighted by Crippen LogP contribution is 2.29. The maximum Gasteiger partial charge on any atom is 0.196 e. The smallest absolute Gasteiger partial charge is 0.196 e. The van der Waals surface area contributed by atoms with Crippen molar-refractivity contribution in [3.8, 4) is 5.75 Å². The number of likely N-dealkylation sites (N-methyl/N-ethyl adjacent to an activating group) is 1. The molecule has 1 saturated carbocycles. The quantitative estimate of drug-likeness (QED) is 0.372. The van der Waals surface area contributed by atoms with Crippen molar-refractivity contribution in [3.05, 3.63) is 42.0 Å². The first-order valence-corrected chi connectivity index (χ1v) is 13.1. The summed E-state index contributed by atoms with van der Waals surface area (Å²) in [5.74, 6) is 2.86. The first kappa shape index (κ1) is 29.4. The normalized spacial score (nSPS) is 15.8. The van der Waals surface area contributed by atoms with Crippen molar-refractivity contribution in [2.75, 3.05) is 27.2 Å². The number of fused-ring (bicyclic) bond motifs is 1. The molecule has 0 aliphatic heterocycles. The van der Waals surface area contributed by atoms with E-state index in [1.165, 1.54) is 55.5 Å². The van der Waals surface area contributed by atoms with E-state index < -0.39 is 0 Å². The molecule has 33 heavy (non-hydrogen) atoms. The number of ether oxygens (including phenoxy) is 2. The molecule has 2 aromatic rings. The molecule has 0 bridgehead atoms. The Bertz CT molecular complexity index is 756. The van der Waals surface area contributed by atoms with Crippen LogP contribution in [0.3, 0.4) is 0 Å². The molecular formula is C29H50N2O2. The van der Waals surface area contributed by atoms with Gasteiger partial charge in [0.15, 0.2) is 6.29 Å². The third-order valence-corrected chi connectivity index (χ3v) is 6.40.